The van der Waals surface area contributed by atoms with Crippen LogP contribution in [0.1, 0.15) is 413 Å². The fourth-order valence-electron chi connectivity index (χ4n) is 14.8. The lowest BCUT2D eigenvalue weighted by Crippen LogP contribution is -2.39. The maximum atomic E-state index is 13.0. The van der Waals surface area contributed by atoms with Crippen molar-refractivity contribution in [1.82, 2.24) is 9.80 Å². The quantitative estimate of drug-likeness (QED) is 0.0362. The molecule has 0 bridgehead atoms. The number of hydrogen-bond donors (Lipinski definition) is 1. The molecule has 1 heterocycles. The highest BCUT2D eigenvalue weighted by Crippen LogP contribution is 2.48. The fourth-order valence-corrected chi connectivity index (χ4v) is 14.8. The van der Waals surface area contributed by atoms with E-state index in [0.29, 0.717) is 32.4 Å². The lowest BCUT2D eigenvalue weighted by Gasteiger charge is -2.46. The summed E-state index contributed by atoms with van der Waals surface area (Å²) in [5.41, 5.74) is 0. The standard InChI is InChI=1S/C80H154N2O7/c1-5-9-13-17-22-35-49-64-81-65-50-36-26-34-47-61-79(85)88-76(57-43-30-20-16-12-8-4)58-44-31-24-32-45-59-77-73(72-74(77)63-68-81)54-40-27-21-23-38-53-71-87-78(84)60-46-33-25-37-51-66-82(69-70-83)67-52-39-48-62-80(86)89-75(55-41-28-18-14-10-6-2)56-42-29-19-15-11-7-3/h73-77,83H,5-72H2,1-4H3. The molecule has 2 fully saturated rings. The first-order valence-electron chi connectivity index (χ1n) is 40.4. The number of aliphatic hydroxyl groups is 1. The van der Waals surface area contributed by atoms with Gasteiger partial charge in [0, 0.05) is 25.8 Å². The van der Waals surface area contributed by atoms with Crippen LogP contribution in [-0.4, -0.2) is 97.5 Å². The zero-order chi connectivity index (χ0) is 64.0. The number of ether oxygens (including phenoxy) is 3. The van der Waals surface area contributed by atoms with E-state index >= 15 is 0 Å². The van der Waals surface area contributed by atoms with Gasteiger partial charge in [-0.2, -0.15) is 0 Å². The zero-order valence-electron chi connectivity index (χ0n) is 60.3. The second-order valence-corrected chi connectivity index (χ2v) is 29.0. The van der Waals surface area contributed by atoms with Gasteiger partial charge in [-0.15, -0.1) is 0 Å². The molecule has 1 N–H and O–H groups in total. The summed E-state index contributed by atoms with van der Waals surface area (Å²) in [6, 6.07) is 0. The molecule has 1 aliphatic heterocycles. The summed E-state index contributed by atoms with van der Waals surface area (Å²) in [5, 5.41) is 9.74. The van der Waals surface area contributed by atoms with Crippen LogP contribution in [0, 0.1) is 17.8 Å². The van der Waals surface area contributed by atoms with Crippen molar-refractivity contribution in [3.63, 3.8) is 0 Å². The van der Waals surface area contributed by atoms with Crippen molar-refractivity contribution in [2.45, 2.75) is 425 Å². The monoisotopic (exact) mass is 1260 g/mol. The Balaban J connectivity index is 1.65. The lowest BCUT2D eigenvalue weighted by atomic mass is 9.60. The molecule has 89 heavy (non-hydrogen) atoms. The second-order valence-electron chi connectivity index (χ2n) is 29.0. The van der Waals surface area contributed by atoms with Crippen LogP contribution in [0.2, 0.25) is 0 Å². The Hall–Kier alpha value is -1.71. The van der Waals surface area contributed by atoms with Crippen LogP contribution in [0.3, 0.4) is 0 Å². The van der Waals surface area contributed by atoms with Crippen molar-refractivity contribution < 1.29 is 33.7 Å². The molecule has 0 aromatic carbocycles. The third-order valence-electron chi connectivity index (χ3n) is 20.7. The van der Waals surface area contributed by atoms with Crippen LogP contribution < -0.4 is 0 Å². The number of cyclic esters (lactones) is 1. The Bertz CT molecular complexity index is 1510. The van der Waals surface area contributed by atoms with Gasteiger partial charge in [0.1, 0.15) is 12.2 Å². The Labute approximate surface area is 554 Å². The van der Waals surface area contributed by atoms with E-state index in [1.54, 1.807) is 0 Å². The fraction of sp³-hybridized carbons (Fsp3) is 0.963. The van der Waals surface area contributed by atoms with Crippen molar-refractivity contribution in [2.75, 3.05) is 52.5 Å². The van der Waals surface area contributed by atoms with Gasteiger partial charge in [-0.25, -0.2) is 0 Å². The molecule has 4 unspecified atom stereocenters. The highest BCUT2D eigenvalue weighted by molar-refractivity contribution is 5.70. The van der Waals surface area contributed by atoms with Gasteiger partial charge in [0.15, 0.2) is 0 Å². The first-order valence-corrected chi connectivity index (χ1v) is 40.4. The minimum Gasteiger partial charge on any atom is -0.466 e. The summed E-state index contributed by atoms with van der Waals surface area (Å²) in [6.45, 7) is 16.4. The first-order chi connectivity index (χ1) is 43.8. The summed E-state index contributed by atoms with van der Waals surface area (Å²) in [5.74, 6) is 2.80. The van der Waals surface area contributed by atoms with Crippen molar-refractivity contribution in [3.8, 4) is 0 Å². The highest BCUT2D eigenvalue weighted by Gasteiger charge is 2.39. The number of fused-ring (bicyclic) bond motifs is 1. The Kier molecular flexibility index (Phi) is 59.7. The zero-order valence-corrected chi connectivity index (χ0v) is 60.3. The largest absolute Gasteiger partial charge is 0.466 e. The molecular weight excluding hydrogens is 1100 g/mol. The van der Waals surface area contributed by atoms with E-state index in [1.807, 2.05) is 0 Å². The van der Waals surface area contributed by atoms with Crippen LogP contribution in [0.4, 0.5) is 0 Å². The average Bonchev–Trinajstić information content (AvgIpc) is 1.84. The number of hydrogen-bond acceptors (Lipinski definition) is 9. The summed E-state index contributed by atoms with van der Waals surface area (Å²) in [4.78, 5) is 43.7. The number of carbonyl (C=O) groups is 3. The van der Waals surface area contributed by atoms with Crippen molar-refractivity contribution >= 4 is 17.9 Å². The summed E-state index contributed by atoms with van der Waals surface area (Å²) >= 11 is 0. The van der Waals surface area contributed by atoms with Gasteiger partial charge in [-0.3, -0.25) is 14.4 Å². The summed E-state index contributed by atoms with van der Waals surface area (Å²) in [6.07, 6.45) is 72.6. The molecule has 4 atom stereocenters. The van der Waals surface area contributed by atoms with Gasteiger partial charge in [-0.05, 0) is 172 Å². The van der Waals surface area contributed by atoms with Crippen LogP contribution >= 0.6 is 0 Å². The van der Waals surface area contributed by atoms with Crippen LogP contribution in [0.25, 0.3) is 0 Å². The molecule has 0 radical (unpaired) electrons. The Morgan fingerprint density at radius 2 is 0.955 bits per heavy atom. The van der Waals surface area contributed by atoms with Crippen molar-refractivity contribution in [3.05, 3.63) is 0 Å². The Morgan fingerprint density at radius 3 is 1.56 bits per heavy atom. The SMILES string of the molecule is CCCCCCCCCN1CCCCCCCC(=O)OC(CCCCCCCC)CCCCCCCC2C(CCCCCCCCOC(=O)CCCCCCCN(CCO)CCCCCC(=O)OC(CCCCCCCC)CCCCCCCC)CC2CC1. The number of rotatable bonds is 55. The predicted molar refractivity (Wildman–Crippen MR) is 381 cm³/mol. The molecule has 1 saturated carbocycles. The van der Waals surface area contributed by atoms with Gasteiger partial charge in [0.2, 0.25) is 0 Å². The van der Waals surface area contributed by atoms with E-state index in [4.69, 9.17) is 14.2 Å². The molecule has 1 saturated heterocycles. The smallest absolute Gasteiger partial charge is 0.306 e. The minimum atomic E-state index is -0.0275. The van der Waals surface area contributed by atoms with E-state index < -0.39 is 0 Å². The number of unbranched alkanes of at least 4 members (excludes halogenated alkanes) is 32. The highest BCUT2D eigenvalue weighted by atomic mass is 16.5. The molecule has 0 aromatic rings. The lowest BCUT2D eigenvalue weighted by molar-refractivity contribution is -0.151. The molecular formula is C80H154N2O7. The van der Waals surface area contributed by atoms with Crippen LogP contribution in [0.5, 0.6) is 0 Å². The average molecular weight is 1260 g/mol. The van der Waals surface area contributed by atoms with E-state index in [9.17, 15) is 19.5 Å². The number of nitrogens with zero attached hydrogens (tertiary/aromatic N) is 2. The number of aliphatic hydroxyl groups excluding tert-OH is 1. The van der Waals surface area contributed by atoms with E-state index in [2.05, 4.69) is 37.5 Å². The molecule has 2 rings (SSSR count). The minimum absolute atomic E-state index is 0.00762. The van der Waals surface area contributed by atoms with Gasteiger partial charge < -0.3 is 29.1 Å². The molecule has 2 aliphatic rings. The molecule has 1 aliphatic carbocycles. The van der Waals surface area contributed by atoms with Crippen LogP contribution in [-0.2, 0) is 28.6 Å². The van der Waals surface area contributed by atoms with Crippen molar-refractivity contribution in [2.24, 2.45) is 17.8 Å². The maximum Gasteiger partial charge on any atom is 0.306 e. The molecule has 9 heteroatoms. The van der Waals surface area contributed by atoms with E-state index in [0.717, 1.165) is 134 Å². The van der Waals surface area contributed by atoms with Gasteiger partial charge in [-0.1, -0.05) is 272 Å². The number of esters is 3. The molecule has 0 spiro atoms. The maximum absolute atomic E-state index is 13.0. The summed E-state index contributed by atoms with van der Waals surface area (Å²) < 4.78 is 17.9. The Morgan fingerprint density at radius 1 is 0.483 bits per heavy atom. The van der Waals surface area contributed by atoms with E-state index in [-0.39, 0.29) is 36.7 Å². The predicted octanol–water partition coefficient (Wildman–Crippen LogP) is 23.3. The topological polar surface area (TPSA) is 106 Å². The third-order valence-corrected chi connectivity index (χ3v) is 20.7. The normalized spacial score (nSPS) is 18.9. The van der Waals surface area contributed by atoms with Crippen LogP contribution in [0.15, 0.2) is 0 Å². The first kappa shape index (κ1) is 83.4. The molecule has 0 aromatic heterocycles. The third kappa shape index (κ3) is 51.3. The van der Waals surface area contributed by atoms with Crippen molar-refractivity contribution in [1.29, 1.82) is 0 Å². The molecule has 526 valence electrons. The molecule has 0 amide bonds. The van der Waals surface area contributed by atoms with Gasteiger partial charge in [0.05, 0.1) is 13.2 Å². The molecule has 9 nitrogen and oxygen atoms in total. The van der Waals surface area contributed by atoms with E-state index in [1.165, 1.54) is 283 Å². The van der Waals surface area contributed by atoms with Gasteiger partial charge in [0.25, 0.3) is 0 Å². The second kappa shape index (κ2) is 63.7. The summed E-state index contributed by atoms with van der Waals surface area (Å²) in [7, 11) is 0. The van der Waals surface area contributed by atoms with Gasteiger partial charge >= 0.3 is 17.9 Å². The number of carbonyl (C=O) groups excluding carboxylic acids is 3.